The van der Waals surface area contributed by atoms with Crippen LogP contribution in [0.2, 0.25) is 0 Å². The molecule has 0 saturated carbocycles. The van der Waals surface area contributed by atoms with E-state index in [-0.39, 0.29) is 12.2 Å². The molecule has 2 aliphatic rings. The Morgan fingerprint density at radius 1 is 1.42 bits per heavy atom. The summed E-state index contributed by atoms with van der Waals surface area (Å²) in [6, 6.07) is 0. The monoisotopic (exact) mass is 169 g/mol. The second-order valence-corrected chi connectivity index (χ2v) is 3.35. The number of hydrogen-bond acceptors (Lipinski definition) is 4. The third kappa shape index (κ3) is 0.876. The molecule has 0 aromatic heterocycles. The van der Waals surface area contributed by atoms with Crippen molar-refractivity contribution in [1.29, 1.82) is 0 Å². The number of carbonyl (C=O) groups is 2. The lowest BCUT2D eigenvalue weighted by molar-refractivity contribution is -0.313. The lowest BCUT2D eigenvalue weighted by Gasteiger charge is -2.24. The second-order valence-electron chi connectivity index (χ2n) is 3.35. The number of carboxylic acids is 1. The number of hydrogen-bond donors (Lipinski definition) is 0. The van der Waals surface area contributed by atoms with E-state index < -0.39 is 17.8 Å². The van der Waals surface area contributed by atoms with Gasteiger partial charge in [-0.3, -0.25) is 0 Å². The number of ether oxygens (including phenoxy) is 1. The lowest BCUT2D eigenvalue weighted by Crippen LogP contribution is -2.42. The van der Waals surface area contributed by atoms with Crippen molar-refractivity contribution in [3.63, 3.8) is 0 Å². The van der Waals surface area contributed by atoms with Gasteiger partial charge in [0.1, 0.15) is 6.29 Å². The number of carbonyl (C=O) groups excluding carboxylic acids is 2. The van der Waals surface area contributed by atoms with Crippen LogP contribution in [0.4, 0.5) is 0 Å². The zero-order valence-corrected chi connectivity index (χ0v) is 6.43. The molecule has 4 nitrogen and oxygen atoms in total. The van der Waals surface area contributed by atoms with Crippen LogP contribution in [0.5, 0.6) is 0 Å². The highest BCUT2D eigenvalue weighted by Crippen LogP contribution is 2.41. The van der Waals surface area contributed by atoms with Crippen molar-refractivity contribution in [2.45, 2.75) is 25.0 Å². The van der Waals surface area contributed by atoms with Crippen molar-refractivity contribution in [3.05, 3.63) is 0 Å². The van der Waals surface area contributed by atoms with Crippen LogP contribution >= 0.6 is 0 Å². The van der Waals surface area contributed by atoms with Crippen LogP contribution in [0, 0.1) is 11.8 Å². The van der Waals surface area contributed by atoms with Crippen LogP contribution in [0.1, 0.15) is 12.8 Å². The predicted octanol–water partition coefficient (Wildman–Crippen LogP) is -1.27. The van der Waals surface area contributed by atoms with Gasteiger partial charge < -0.3 is 19.4 Å². The van der Waals surface area contributed by atoms with Gasteiger partial charge in [-0.2, -0.15) is 0 Å². The van der Waals surface area contributed by atoms with Crippen LogP contribution in [0.25, 0.3) is 0 Å². The molecule has 0 N–H and O–H groups in total. The fourth-order valence-electron chi connectivity index (χ4n) is 2.20. The molecule has 2 bridgehead atoms. The van der Waals surface area contributed by atoms with Gasteiger partial charge in [0.25, 0.3) is 0 Å². The van der Waals surface area contributed by atoms with Crippen molar-refractivity contribution in [2.75, 3.05) is 0 Å². The van der Waals surface area contributed by atoms with Crippen molar-refractivity contribution in [1.82, 2.24) is 0 Å². The summed E-state index contributed by atoms with van der Waals surface area (Å²) in [4.78, 5) is 21.2. The van der Waals surface area contributed by atoms with Gasteiger partial charge in [-0.25, -0.2) is 0 Å². The molecule has 4 atom stereocenters. The van der Waals surface area contributed by atoms with E-state index in [1.165, 1.54) is 0 Å². The lowest BCUT2D eigenvalue weighted by atomic mass is 9.80. The van der Waals surface area contributed by atoms with Crippen LogP contribution in [0.3, 0.4) is 0 Å². The molecule has 0 aliphatic carbocycles. The molecule has 12 heavy (non-hydrogen) atoms. The normalized spacial score (nSPS) is 44.7. The van der Waals surface area contributed by atoms with E-state index in [2.05, 4.69) is 0 Å². The molecule has 0 aromatic carbocycles. The van der Waals surface area contributed by atoms with Crippen molar-refractivity contribution in [2.24, 2.45) is 11.8 Å². The first-order valence-electron chi connectivity index (χ1n) is 4.05. The molecule has 2 heterocycles. The summed E-state index contributed by atoms with van der Waals surface area (Å²) in [7, 11) is 0. The largest absolute Gasteiger partial charge is 0.550 e. The molecule has 0 radical (unpaired) electrons. The van der Waals surface area contributed by atoms with Crippen LogP contribution in [-0.4, -0.2) is 24.5 Å². The van der Waals surface area contributed by atoms with Gasteiger partial charge in [-0.15, -0.1) is 0 Å². The number of rotatable bonds is 2. The Balaban J connectivity index is 2.21. The van der Waals surface area contributed by atoms with Gasteiger partial charge in [0.15, 0.2) is 0 Å². The number of aliphatic carboxylic acids is 1. The van der Waals surface area contributed by atoms with E-state index in [1.807, 2.05) is 0 Å². The minimum Gasteiger partial charge on any atom is -0.550 e. The standard InChI is InChI=1S/C8H10O4/c9-3-4-5-1-2-6(12-5)7(4)8(10)11/h3-7H,1-2H2,(H,10,11)/p-1/t4?,5-,6+,7?/m1/s1. The maximum atomic E-state index is 10.6. The van der Waals surface area contributed by atoms with Gasteiger partial charge in [0, 0.05) is 11.9 Å². The number of aldehydes is 1. The van der Waals surface area contributed by atoms with E-state index in [4.69, 9.17) is 4.74 Å². The second kappa shape index (κ2) is 2.55. The topological polar surface area (TPSA) is 66.4 Å². The van der Waals surface area contributed by atoms with Crippen molar-refractivity contribution in [3.8, 4) is 0 Å². The average Bonchev–Trinajstić information content (AvgIpc) is 2.60. The maximum Gasteiger partial charge on any atom is 0.126 e. The fourth-order valence-corrected chi connectivity index (χ4v) is 2.20. The summed E-state index contributed by atoms with van der Waals surface area (Å²) in [5.74, 6) is -2.34. The summed E-state index contributed by atoms with van der Waals surface area (Å²) >= 11 is 0. The summed E-state index contributed by atoms with van der Waals surface area (Å²) in [6.07, 6.45) is 1.78. The van der Waals surface area contributed by atoms with Gasteiger partial charge in [0.05, 0.1) is 18.1 Å². The van der Waals surface area contributed by atoms with Crippen molar-refractivity contribution < 1.29 is 19.4 Å². The highest BCUT2D eigenvalue weighted by molar-refractivity contribution is 5.75. The zero-order valence-electron chi connectivity index (χ0n) is 6.43. The minimum absolute atomic E-state index is 0.171. The van der Waals surface area contributed by atoms with Crippen LogP contribution in [-0.2, 0) is 14.3 Å². The first-order chi connectivity index (χ1) is 5.74. The molecule has 2 saturated heterocycles. The molecule has 2 rings (SSSR count). The molecule has 2 fully saturated rings. The Labute approximate surface area is 69.5 Å². The molecule has 2 unspecified atom stereocenters. The van der Waals surface area contributed by atoms with Crippen LogP contribution in [0.15, 0.2) is 0 Å². The van der Waals surface area contributed by atoms with Gasteiger partial charge >= 0.3 is 0 Å². The molecule has 0 amide bonds. The Morgan fingerprint density at radius 3 is 2.58 bits per heavy atom. The SMILES string of the molecule is O=CC1C(C(=O)[O-])[C@@H]2CC[C@H]1O2. The van der Waals surface area contributed by atoms with Gasteiger partial charge in [-0.05, 0) is 12.8 Å². The molecule has 2 aliphatic heterocycles. The molecule has 4 heteroatoms. The molecule has 0 spiro atoms. The maximum absolute atomic E-state index is 10.6. The van der Waals surface area contributed by atoms with Gasteiger partial charge in [-0.1, -0.05) is 0 Å². The summed E-state index contributed by atoms with van der Waals surface area (Å²) in [5, 5.41) is 10.6. The van der Waals surface area contributed by atoms with E-state index >= 15 is 0 Å². The van der Waals surface area contributed by atoms with Crippen molar-refractivity contribution >= 4 is 12.3 Å². The Kier molecular flexibility index (Phi) is 1.65. The first kappa shape index (κ1) is 7.73. The third-order valence-electron chi connectivity index (χ3n) is 2.76. The molecule has 0 aromatic rings. The predicted molar refractivity (Wildman–Crippen MR) is 35.9 cm³/mol. The Bertz CT molecular complexity index is 225. The summed E-state index contributed by atoms with van der Waals surface area (Å²) in [5.41, 5.74) is 0. The van der Waals surface area contributed by atoms with E-state index in [9.17, 15) is 14.7 Å². The Morgan fingerprint density at radius 2 is 2.08 bits per heavy atom. The Hall–Kier alpha value is -0.900. The molecular formula is C8H9O4-. The smallest absolute Gasteiger partial charge is 0.126 e. The summed E-state index contributed by atoms with van der Waals surface area (Å²) < 4.78 is 5.30. The molecule has 66 valence electrons. The first-order valence-corrected chi connectivity index (χ1v) is 4.05. The average molecular weight is 169 g/mol. The zero-order chi connectivity index (χ0) is 8.72. The minimum atomic E-state index is -1.15. The highest BCUT2D eigenvalue weighted by atomic mass is 16.5. The number of carboxylic acid groups (broad SMARTS) is 1. The van der Waals surface area contributed by atoms with E-state index in [0.29, 0.717) is 6.29 Å². The summed E-state index contributed by atoms with van der Waals surface area (Å²) in [6.45, 7) is 0. The quantitative estimate of drug-likeness (QED) is 0.483. The van der Waals surface area contributed by atoms with Crippen LogP contribution < -0.4 is 5.11 Å². The van der Waals surface area contributed by atoms with E-state index in [0.717, 1.165) is 12.8 Å². The number of fused-ring (bicyclic) bond motifs is 2. The molecular weight excluding hydrogens is 160 g/mol. The van der Waals surface area contributed by atoms with E-state index in [1.54, 1.807) is 0 Å². The highest BCUT2D eigenvalue weighted by Gasteiger charge is 2.49. The van der Waals surface area contributed by atoms with Gasteiger partial charge in [0.2, 0.25) is 0 Å². The third-order valence-corrected chi connectivity index (χ3v) is 2.76. The fraction of sp³-hybridized carbons (Fsp3) is 0.750.